The van der Waals surface area contributed by atoms with E-state index < -0.39 is 18.4 Å². The first-order valence-electron chi connectivity index (χ1n) is 4.67. The second-order valence-electron chi connectivity index (χ2n) is 3.55. The van der Waals surface area contributed by atoms with Crippen LogP contribution in [0.5, 0.6) is 0 Å². The predicted molar refractivity (Wildman–Crippen MR) is 53.1 cm³/mol. The summed E-state index contributed by atoms with van der Waals surface area (Å²) in [6, 6.07) is 0. The lowest BCUT2D eigenvalue weighted by molar-refractivity contribution is -0.137. The molecule has 0 aromatic rings. The van der Waals surface area contributed by atoms with E-state index in [0.29, 0.717) is 6.42 Å². The largest absolute Gasteiger partial charge is 0.480 e. The van der Waals surface area contributed by atoms with Crippen LogP contribution in [0, 0.1) is 5.92 Å². The van der Waals surface area contributed by atoms with Gasteiger partial charge < -0.3 is 15.7 Å². The van der Waals surface area contributed by atoms with Crippen molar-refractivity contribution in [2.24, 2.45) is 5.92 Å². The van der Waals surface area contributed by atoms with Crippen LogP contribution < -0.4 is 10.6 Å². The van der Waals surface area contributed by atoms with Crippen LogP contribution in [0.4, 0.5) is 0 Å². The Kier molecular flexibility index (Phi) is 6.08. The highest BCUT2D eigenvalue weighted by Gasteiger charge is 2.07. The van der Waals surface area contributed by atoms with Crippen molar-refractivity contribution in [2.75, 3.05) is 13.1 Å². The van der Waals surface area contributed by atoms with E-state index in [0.717, 1.165) is 0 Å². The van der Waals surface area contributed by atoms with Gasteiger partial charge in [-0.2, -0.15) is 0 Å². The molecule has 0 aliphatic carbocycles. The summed E-state index contributed by atoms with van der Waals surface area (Å²) in [5.74, 6) is -1.60. The molecule has 6 heteroatoms. The normalized spacial score (nSPS) is 9.80. The van der Waals surface area contributed by atoms with Gasteiger partial charge in [-0.1, -0.05) is 13.8 Å². The molecule has 0 aromatic carbocycles. The van der Waals surface area contributed by atoms with Crippen LogP contribution in [-0.2, 0) is 14.4 Å². The minimum atomic E-state index is -1.11. The van der Waals surface area contributed by atoms with Crippen molar-refractivity contribution >= 4 is 17.8 Å². The number of carbonyl (C=O) groups excluding carboxylic acids is 2. The number of hydrogen-bond donors (Lipinski definition) is 3. The van der Waals surface area contributed by atoms with E-state index in [1.165, 1.54) is 0 Å². The van der Waals surface area contributed by atoms with Crippen LogP contribution in [0.25, 0.3) is 0 Å². The number of carboxylic acid groups (broad SMARTS) is 1. The van der Waals surface area contributed by atoms with Crippen LogP contribution in [0.3, 0.4) is 0 Å². The number of hydrogen-bond acceptors (Lipinski definition) is 3. The van der Waals surface area contributed by atoms with Crippen LogP contribution in [0.1, 0.15) is 20.3 Å². The fourth-order valence-electron chi connectivity index (χ4n) is 0.859. The Bertz CT molecular complexity index is 250. The number of rotatable bonds is 6. The second-order valence-corrected chi connectivity index (χ2v) is 3.55. The molecular weight excluding hydrogens is 200 g/mol. The Morgan fingerprint density at radius 3 is 2.07 bits per heavy atom. The van der Waals surface area contributed by atoms with Gasteiger partial charge >= 0.3 is 5.97 Å². The summed E-state index contributed by atoms with van der Waals surface area (Å²) in [4.78, 5) is 32.1. The van der Waals surface area contributed by atoms with Crippen molar-refractivity contribution in [3.63, 3.8) is 0 Å². The Morgan fingerprint density at radius 2 is 1.60 bits per heavy atom. The molecule has 0 aliphatic rings. The maximum atomic E-state index is 11.1. The van der Waals surface area contributed by atoms with Crippen LogP contribution in [0.15, 0.2) is 0 Å². The quantitative estimate of drug-likeness (QED) is 0.549. The zero-order chi connectivity index (χ0) is 11.8. The fraction of sp³-hybridized carbons (Fsp3) is 0.667. The molecule has 0 radical (unpaired) electrons. The van der Waals surface area contributed by atoms with Crippen molar-refractivity contribution in [2.45, 2.75) is 20.3 Å². The molecule has 0 aromatic heterocycles. The molecule has 0 bridgehead atoms. The molecule has 3 N–H and O–H groups in total. The van der Waals surface area contributed by atoms with Crippen molar-refractivity contribution < 1.29 is 19.5 Å². The lowest BCUT2D eigenvalue weighted by Crippen LogP contribution is -2.39. The molecular formula is C9H16N2O4. The van der Waals surface area contributed by atoms with Crippen molar-refractivity contribution in [1.29, 1.82) is 0 Å². The number of carboxylic acids is 1. The maximum absolute atomic E-state index is 11.1. The highest BCUT2D eigenvalue weighted by Crippen LogP contribution is 1.97. The number of aliphatic carboxylic acids is 1. The Balaban J connectivity index is 3.62. The summed E-state index contributed by atoms with van der Waals surface area (Å²) >= 11 is 0. The Morgan fingerprint density at radius 1 is 1.07 bits per heavy atom. The van der Waals surface area contributed by atoms with Crippen LogP contribution in [0.2, 0.25) is 0 Å². The summed E-state index contributed by atoms with van der Waals surface area (Å²) in [7, 11) is 0. The summed E-state index contributed by atoms with van der Waals surface area (Å²) in [6.07, 6.45) is 0.353. The average molecular weight is 216 g/mol. The molecule has 0 saturated heterocycles. The molecule has 0 heterocycles. The molecule has 15 heavy (non-hydrogen) atoms. The van der Waals surface area contributed by atoms with Gasteiger partial charge in [-0.05, 0) is 5.92 Å². The second kappa shape index (κ2) is 6.80. The Hall–Kier alpha value is -1.59. The van der Waals surface area contributed by atoms with Crippen molar-refractivity contribution in [1.82, 2.24) is 10.6 Å². The molecule has 0 aliphatic heterocycles. The minimum absolute atomic E-state index is 0.182. The first-order valence-corrected chi connectivity index (χ1v) is 4.67. The van der Waals surface area contributed by atoms with Gasteiger partial charge in [0, 0.05) is 6.42 Å². The third-order valence-electron chi connectivity index (χ3n) is 1.48. The van der Waals surface area contributed by atoms with Gasteiger partial charge in [-0.25, -0.2) is 0 Å². The van der Waals surface area contributed by atoms with Gasteiger partial charge in [-0.15, -0.1) is 0 Å². The van der Waals surface area contributed by atoms with Gasteiger partial charge in [0.15, 0.2) is 0 Å². The monoisotopic (exact) mass is 216 g/mol. The summed E-state index contributed by atoms with van der Waals surface area (Å²) in [5, 5.41) is 12.8. The molecule has 0 fully saturated rings. The van der Waals surface area contributed by atoms with Gasteiger partial charge in [0.25, 0.3) is 0 Å². The molecule has 0 saturated carbocycles. The summed E-state index contributed by atoms with van der Waals surface area (Å²) < 4.78 is 0. The number of nitrogens with one attached hydrogen (secondary N) is 2. The van der Waals surface area contributed by atoms with E-state index in [4.69, 9.17) is 5.11 Å². The first-order chi connectivity index (χ1) is 6.91. The van der Waals surface area contributed by atoms with Crippen molar-refractivity contribution in [3.8, 4) is 0 Å². The molecule has 6 nitrogen and oxygen atoms in total. The predicted octanol–water partition coefficient (Wildman–Crippen LogP) is -0.650. The van der Waals surface area contributed by atoms with E-state index >= 15 is 0 Å². The summed E-state index contributed by atoms with van der Waals surface area (Å²) in [6.45, 7) is 3.17. The highest BCUT2D eigenvalue weighted by atomic mass is 16.4. The third-order valence-corrected chi connectivity index (χ3v) is 1.48. The molecule has 0 rings (SSSR count). The van der Waals surface area contributed by atoms with E-state index in [9.17, 15) is 14.4 Å². The van der Waals surface area contributed by atoms with Crippen LogP contribution in [-0.4, -0.2) is 36.0 Å². The minimum Gasteiger partial charge on any atom is -0.480 e. The maximum Gasteiger partial charge on any atom is 0.322 e. The average Bonchev–Trinajstić information content (AvgIpc) is 2.10. The smallest absolute Gasteiger partial charge is 0.322 e. The topological polar surface area (TPSA) is 95.5 Å². The van der Waals surface area contributed by atoms with Gasteiger partial charge in [0.1, 0.15) is 6.54 Å². The summed E-state index contributed by atoms with van der Waals surface area (Å²) in [5.41, 5.74) is 0. The lowest BCUT2D eigenvalue weighted by Gasteiger charge is -2.06. The highest BCUT2D eigenvalue weighted by molar-refractivity contribution is 5.86. The van der Waals surface area contributed by atoms with Crippen LogP contribution >= 0.6 is 0 Å². The van der Waals surface area contributed by atoms with E-state index in [-0.39, 0.29) is 18.4 Å². The molecule has 0 spiro atoms. The zero-order valence-electron chi connectivity index (χ0n) is 8.87. The third kappa shape index (κ3) is 8.73. The number of amides is 2. The molecule has 2 amide bonds. The SMILES string of the molecule is CC(C)CC(=O)NCC(=O)NCC(=O)O. The molecule has 0 unspecified atom stereocenters. The Labute approximate surface area is 88.0 Å². The van der Waals surface area contributed by atoms with Gasteiger partial charge in [0.2, 0.25) is 11.8 Å². The fourth-order valence-corrected chi connectivity index (χ4v) is 0.859. The van der Waals surface area contributed by atoms with Gasteiger partial charge in [0.05, 0.1) is 6.54 Å². The van der Waals surface area contributed by atoms with Crippen molar-refractivity contribution in [3.05, 3.63) is 0 Å². The van der Waals surface area contributed by atoms with Gasteiger partial charge in [-0.3, -0.25) is 14.4 Å². The standard InChI is InChI=1S/C9H16N2O4/c1-6(2)3-7(12)10-4-8(13)11-5-9(14)15/h6H,3-5H2,1-2H3,(H,10,12)(H,11,13)(H,14,15). The van der Waals surface area contributed by atoms with E-state index in [1.807, 2.05) is 13.8 Å². The number of carbonyl (C=O) groups is 3. The molecule has 0 atom stereocenters. The van der Waals surface area contributed by atoms with E-state index in [1.54, 1.807) is 0 Å². The lowest BCUT2D eigenvalue weighted by atomic mass is 10.1. The molecule has 86 valence electrons. The van der Waals surface area contributed by atoms with E-state index in [2.05, 4.69) is 10.6 Å². The first kappa shape index (κ1) is 13.4. The zero-order valence-corrected chi connectivity index (χ0v) is 8.87.